The number of hydrogen-bond donors (Lipinski definition) is 0. The molecule has 0 bridgehead atoms. The first-order chi connectivity index (χ1) is 11.6. The van der Waals surface area contributed by atoms with Gasteiger partial charge in [-0.1, -0.05) is 0 Å². The highest BCUT2D eigenvalue weighted by Gasteiger charge is 2.28. The van der Waals surface area contributed by atoms with Crippen LogP contribution in [0, 0.1) is 23.1 Å². The number of nitrogens with zero attached hydrogens (tertiary/aromatic N) is 3. The van der Waals surface area contributed by atoms with Gasteiger partial charge in [0.05, 0.1) is 23.9 Å². The molecule has 2 aliphatic rings. The van der Waals surface area contributed by atoms with E-state index in [1.165, 1.54) is 18.9 Å². The molecule has 3 rings (SSSR count). The van der Waals surface area contributed by atoms with Gasteiger partial charge in [0, 0.05) is 26.2 Å². The number of amides is 1. The molecule has 128 valence electrons. The van der Waals surface area contributed by atoms with Gasteiger partial charge in [0.25, 0.3) is 5.91 Å². The molecular formula is C18H22FN3O2. The van der Waals surface area contributed by atoms with E-state index in [2.05, 4.69) is 0 Å². The van der Waals surface area contributed by atoms with E-state index < -0.39 is 11.9 Å². The standard InChI is InChI=1S/C18H22FN3O2/c1-13(24-12-14-2-3-14)18(23)22-8-6-21(7-9-22)17-5-4-15(11-20)10-16(17)19/h4-5,10,13-14H,2-3,6-9,12H2,1H3/t13-/m0/s1. The third kappa shape index (κ3) is 3.85. The average Bonchev–Trinajstić information content (AvgIpc) is 3.43. The number of hydrogen-bond acceptors (Lipinski definition) is 4. The Hall–Kier alpha value is -2.13. The molecule has 1 saturated heterocycles. The fraction of sp³-hybridized carbons (Fsp3) is 0.556. The van der Waals surface area contributed by atoms with Gasteiger partial charge in [0.2, 0.25) is 0 Å². The summed E-state index contributed by atoms with van der Waals surface area (Å²) < 4.78 is 19.7. The second-order valence-corrected chi connectivity index (χ2v) is 6.51. The molecule has 5 nitrogen and oxygen atoms in total. The predicted molar refractivity (Wildman–Crippen MR) is 88.0 cm³/mol. The minimum atomic E-state index is -0.413. The number of nitriles is 1. The quantitative estimate of drug-likeness (QED) is 0.830. The van der Waals surface area contributed by atoms with Crippen molar-refractivity contribution in [2.75, 3.05) is 37.7 Å². The van der Waals surface area contributed by atoms with Crippen molar-refractivity contribution in [3.8, 4) is 6.07 Å². The van der Waals surface area contributed by atoms with Crippen LogP contribution in [0.3, 0.4) is 0 Å². The van der Waals surface area contributed by atoms with E-state index in [9.17, 15) is 9.18 Å². The van der Waals surface area contributed by atoms with Gasteiger partial charge < -0.3 is 14.5 Å². The average molecular weight is 331 g/mol. The van der Waals surface area contributed by atoms with Crippen molar-refractivity contribution in [2.45, 2.75) is 25.9 Å². The van der Waals surface area contributed by atoms with E-state index in [0.717, 1.165) is 0 Å². The van der Waals surface area contributed by atoms with Crippen LogP contribution in [0.4, 0.5) is 10.1 Å². The molecule has 1 aromatic carbocycles. The molecule has 1 aliphatic heterocycles. The molecule has 0 unspecified atom stereocenters. The molecule has 24 heavy (non-hydrogen) atoms. The van der Waals surface area contributed by atoms with Gasteiger partial charge in [-0.3, -0.25) is 4.79 Å². The number of ether oxygens (including phenoxy) is 1. The summed E-state index contributed by atoms with van der Waals surface area (Å²) in [6.45, 7) is 4.72. The largest absolute Gasteiger partial charge is 0.368 e. The van der Waals surface area contributed by atoms with Crippen molar-refractivity contribution in [3.63, 3.8) is 0 Å². The maximum absolute atomic E-state index is 14.1. The fourth-order valence-electron chi connectivity index (χ4n) is 2.89. The van der Waals surface area contributed by atoms with Gasteiger partial charge in [-0.25, -0.2) is 4.39 Å². The smallest absolute Gasteiger partial charge is 0.251 e. The molecule has 0 spiro atoms. The van der Waals surface area contributed by atoms with Crippen LogP contribution in [-0.4, -0.2) is 49.7 Å². The Morgan fingerprint density at radius 1 is 1.38 bits per heavy atom. The minimum absolute atomic E-state index is 0.00982. The molecular weight excluding hydrogens is 309 g/mol. The summed E-state index contributed by atoms with van der Waals surface area (Å²) in [5, 5.41) is 8.81. The summed E-state index contributed by atoms with van der Waals surface area (Å²) in [7, 11) is 0. The van der Waals surface area contributed by atoms with Crippen molar-refractivity contribution < 1.29 is 13.9 Å². The third-order valence-electron chi connectivity index (χ3n) is 4.64. The lowest BCUT2D eigenvalue weighted by Gasteiger charge is -2.37. The topological polar surface area (TPSA) is 56.6 Å². The van der Waals surface area contributed by atoms with Crippen LogP contribution in [0.5, 0.6) is 0 Å². The van der Waals surface area contributed by atoms with Crippen molar-refractivity contribution >= 4 is 11.6 Å². The van der Waals surface area contributed by atoms with E-state index in [1.54, 1.807) is 24.0 Å². The number of anilines is 1. The van der Waals surface area contributed by atoms with E-state index in [0.29, 0.717) is 50.0 Å². The highest BCUT2D eigenvalue weighted by Crippen LogP contribution is 2.29. The lowest BCUT2D eigenvalue weighted by atomic mass is 10.1. The number of benzene rings is 1. The van der Waals surface area contributed by atoms with Gasteiger partial charge in [-0.05, 0) is 43.9 Å². The van der Waals surface area contributed by atoms with Crippen LogP contribution in [-0.2, 0) is 9.53 Å². The van der Waals surface area contributed by atoms with Gasteiger partial charge in [-0.15, -0.1) is 0 Å². The molecule has 1 heterocycles. The monoisotopic (exact) mass is 331 g/mol. The second-order valence-electron chi connectivity index (χ2n) is 6.51. The Morgan fingerprint density at radius 2 is 2.08 bits per heavy atom. The van der Waals surface area contributed by atoms with Crippen LogP contribution in [0.15, 0.2) is 18.2 Å². The Morgan fingerprint density at radius 3 is 2.67 bits per heavy atom. The highest BCUT2D eigenvalue weighted by atomic mass is 19.1. The molecule has 0 radical (unpaired) electrons. The zero-order valence-electron chi connectivity index (χ0n) is 13.9. The molecule has 0 N–H and O–H groups in total. The lowest BCUT2D eigenvalue weighted by molar-refractivity contribution is -0.143. The summed E-state index contributed by atoms with van der Waals surface area (Å²) in [6, 6.07) is 6.43. The normalized spacial score (nSPS) is 19.0. The van der Waals surface area contributed by atoms with Crippen molar-refractivity contribution in [1.82, 2.24) is 4.90 Å². The molecule has 2 fully saturated rings. The first-order valence-electron chi connectivity index (χ1n) is 8.43. The molecule has 1 amide bonds. The SMILES string of the molecule is C[C@H](OCC1CC1)C(=O)N1CCN(c2ccc(C#N)cc2F)CC1. The van der Waals surface area contributed by atoms with E-state index in [4.69, 9.17) is 10.00 Å². The maximum atomic E-state index is 14.1. The van der Waals surface area contributed by atoms with Crippen LogP contribution < -0.4 is 4.90 Å². The van der Waals surface area contributed by atoms with Crippen LogP contribution in [0.25, 0.3) is 0 Å². The summed E-state index contributed by atoms with van der Waals surface area (Å²) >= 11 is 0. The number of carbonyl (C=O) groups excluding carboxylic acids is 1. The van der Waals surface area contributed by atoms with E-state index in [-0.39, 0.29) is 5.91 Å². The predicted octanol–water partition coefficient (Wildman–Crippen LogP) is 2.16. The number of carbonyl (C=O) groups is 1. The van der Waals surface area contributed by atoms with Crippen LogP contribution in [0.2, 0.25) is 0 Å². The Kier molecular flexibility index (Phi) is 5.00. The number of halogens is 1. The fourth-order valence-corrected chi connectivity index (χ4v) is 2.89. The summed E-state index contributed by atoms with van der Waals surface area (Å²) in [5.74, 6) is 0.252. The van der Waals surface area contributed by atoms with Gasteiger partial charge in [-0.2, -0.15) is 5.26 Å². The molecule has 1 atom stereocenters. The molecule has 1 saturated carbocycles. The first-order valence-corrected chi connectivity index (χ1v) is 8.43. The zero-order valence-corrected chi connectivity index (χ0v) is 13.9. The Bertz CT molecular complexity index is 646. The second kappa shape index (κ2) is 7.18. The third-order valence-corrected chi connectivity index (χ3v) is 4.64. The molecule has 6 heteroatoms. The van der Waals surface area contributed by atoms with Gasteiger partial charge >= 0.3 is 0 Å². The zero-order chi connectivity index (χ0) is 17.1. The number of piperazine rings is 1. The Balaban J connectivity index is 1.53. The van der Waals surface area contributed by atoms with E-state index in [1.807, 2.05) is 11.0 Å². The van der Waals surface area contributed by atoms with E-state index >= 15 is 0 Å². The van der Waals surface area contributed by atoms with Crippen molar-refractivity contribution in [2.24, 2.45) is 5.92 Å². The lowest BCUT2D eigenvalue weighted by Crippen LogP contribution is -2.51. The molecule has 0 aromatic heterocycles. The van der Waals surface area contributed by atoms with Gasteiger partial charge in [0.1, 0.15) is 11.9 Å². The van der Waals surface area contributed by atoms with Crippen molar-refractivity contribution in [1.29, 1.82) is 5.26 Å². The van der Waals surface area contributed by atoms with Crippen LogP contribution >= 0.6 is 0 Å². The summed E-state index contributed by atoms with van der Waals surface area (Å²) in [6.07, 6.45) is 2.00. The maximum Gasteiger partial charge on any atom is 0.251 e. The van der Waals surface area contributed by atoms with Crippen molar-refractivity contribution in [3.05, 3.63) is 29.6 Å². The minimum Gasteiger partial charge on any atom is -0.368 e. The Labute approximate surface area is 141 Å². The summed E-state index contributed by atoms with van der Waals surface area (Å²) in [4.78, 5) is 16.1. The number of rotatable bonds is 5. The first kappa shape index (κ1) is 16.7. The summed E-state index contributed by atoms with van der Waals surface area (Å²) in [5.41, 5.74) is 0.797. The molecule has 1 aromatic rings. The van der Waals surface area contributed by atoms with Gasteiger partial charge in [0.15, 0.2) is 0 Å². The van der Waals surface area contributed by atoms with Crippen LogP contribution in [0.1, 0.15) is 25.3 Å². The highest BCUT2D eigenvalue weighted by molar-refractivity contribution is 5.80. The molecule has 1 aliphatic carbocycles.